The molecule has 0 radical (unpaired) electrons. The van der Waals surface area contributed by atoms with Gasteiger partial charge in [-0.2, -0.15) is 13.2 Å². The molecule has 1 aromatic rings. The molecule has 0 saturated heterocycles. The molecule has 2 nitrogen and oxygen atoms in total. The van der Waals surface area contributed by atoms with Crippen LogP contribution in [0.4, 0.5) is 13.2 Å². The molecule has 0 bridgehead atoms. The largest absolute Gasteiger partial charge is 0.416 e. The molecule has 0 spiro atoms. The molecule has 0 heterocycles. The maximum Gasteiger partial charge on any atom is 0.416 e. The van der Waals surface area contributed by atoms with E-state index in [2.05, 4.69) is 0 Å². The lowest BCUT2D eigenvalue weighted by Gasteiger charge is -2.32. The Morgan fingerprint density at radius 3 is 1.90 bits per heavy atom. The van der Waals surface area contributed by atoms with Gasteiger partial charge in [0.15, 0.2) is 0 Å². The fraction of sp³-hybridized carbons (Fsp3) is 0.600. The predicted octanol–water partition coefficient (Wildman–Crippen LogP) is 3.82. The molecule has 0 amide bonds. The van der Waals surface area contributed by atoms with Crippen LogP contribution < -0.4 is 0 Å². The van der Waals surface area contributed by atoms with Gasteiger partial charge in [-0.3, -0.25) is 0 Å². The van der Waals surface area contributed by atoms with Crippen molar-refractivity contribution in [2.45, 2.75) is 56.4 Å². The quantitative estimate of drug-likeness (QED) is 0.812. The fourth-order valence-electron chi connectivity index (χ4n) is 2.78. The van der Waals surface area contributed by atoms with Crippen molar-refractivity contribution in [1.82, 2.24) is 0 Å². The zero-order valence-electron chi connectivity index (χ0n) is 11.2. The van der Waals surface area contributed by atoms with Gasteiger partial charge in [-0.1, -0.05) is 37.8 Å². The Morgan fingerprint density at radius 2 is 1.45 bits per heavy atom. The van der Waals surface area contributed by atoms with Crippen molar-refractivity contribution in [3.63, 3.8) is 0 Å². The van der Waals surface area contributed by atoms with E-state index in [1.54, 1.807) is 0 Å². The molecule has 1 fully saturated rings. The minimum atomic E-state index is -4.39. The van der Waals surface area contributed by atoms with Gasteiger partial charge in [-0.05, 0) is 30.5 Å². The lowest BCUT2D eigenvalue weighted by molar-refractivity contribution is -0.137. The van der Waals surface area contributed by atoms with Crippen LogP contribution in [0.1, 0.15) is 55.8 Å². The number of hydrogen-bond acceptors (Lipinski definition) is 2. The molecule has 5 heteroatoms. The summed E-state index contributed by atoms with van der Waals surface area (Å²) in [6.07, 6.45) is -0.873. The molecular weight excluding hydrogens is 269 g/mol. The first-order valence-corrected chi connectivity index (χ1v) is 6.90. The first kappa shape index (κ1) is 15.3. The summed E-state index contributed by atoms with van der Waals surface area (Å²) < 4.78 is 37.5. The summed E-state index contributed by atoms with van der Waals surface area (Å²) >= 11 is 0. The van der Waals surface area contributed by atoms with Gasteiger partial charge in [0.2, 0.25) is 0 Å². The lowest BCUT2D eigenvalue weighted by Crippen LogP contribution is -2.35. The number of hydrogen-bond donors (Lipinski definition) is 2. The van der Waals surface area contributed by atoms with E-state index in [9.17, 15) is 23.4 Å². The van der Waals surface area contributed by atoms with Gasteiger partial charge < -0.3 is 10.2 Å². The summed E-state index contributed by atoms with van der Waals surface area (Å²) in [6.45, 7) is 0. The van der Waals surface area contributed by atoms with Crippen LogP contribution in [0.5, 0.6) is 0 Å². The molecule has 112 valence electrons. The Balaban J connectivity index is 2.17. The van der Waals surface area contributed by atoms with Gasteiger partial charge in [0.25, 0.3) is 0 Å². The highest BCUT2D eigenvalue weighted by Gasteiger charge is 2.37. The van der Waals surface area contributed by atoms with Crippen LogP contribution in [-0.4, -0.2) is 15.8 Å². The molecule has 0 aliphatic heterocycles. The fourth-order valence-corrected chi connectivity index (χ4v) is 2.78. The smallest absolute Gasteiger partial charge is 0.387 e. The Morgan fingerprint density at radius 1 is 0.950 bits per heavy atom. The summed E-state index contributed by atoms with van der Waals surface area (Å²) in [7, 11) is 0. The van der Waals surface area contributed by atoms with Crippen LogP contribution in [0.2, 0.25) is 0 Å². The van der Waals surface area contributed by atoms with Crippen molar-refractivity contribution in [2.75, 3.05) is 0 Å². The first-order chi connectivity index (χ1) is 9.33. The van der Waals surface area contributed by atoms with Gasteiger partial charge in [0.05, 0.1) is 11.2 Å². The molecule has 1 atom stereocenters. The number of halogens is 3. The van der Waals surface area contributed by atoms with Gasteiger partial charge >= 0.3 is 6.18 Å². The number of aliphatic hydroxyl groups is 2. The average Bonchev–Trinajstić information content (AvgIpc) is 2.63. The van der Waals surface area contributed by atoms with Crippen molar-refractivity contribution in [3.05, 3.63) is 35.4 Å². The molecular formula is C15H19F3O2. The van der Waals surface area contributed by atoms with Crippen LogP contribution in [0.25, 0.3) is 0 Å². The van der Waals surface area contributed by atoms with Crippen LogP contribution in [0, 0.1) is 0 Å². The highest BCUT2D eigenvalue weighted by atomic mass is 19.4. The van der Waals surface area contributed by atoms with Crippen molar-refractivity contribution in [1.29, 1.82) is 0 Å². The zero-order chi connectivity index (χ0) is 14.8. The average molecular weight is 288 g/mol. The van der Waals surface area contributed by atoms with Crippen molar-refractivity contribution >= 4 is 0 Å². The van der Waals surface area contributed by atoms with E-state index in [0.29, 0.717) is 18.4 Å². The SMILES string of the molecule is OC(c1ccc(C(F)(F)F)cc1)C1(O)CCCCCC1. The van der Waals surface area contributed by atoms with Gasteiger partial charge in [-0.25, -0.2) is 0 Å². The normalized spacial score (nSPS) is 21.2. The highest BCUT2D eigenvalue weighted by Crippen LogP contribution is 2.38. The second-order valence-corrected chi connectivity index (χ2v) is 5.54. The Bertz CT molecular complexity index is 431. The van der Waals surface area contributed by atoms with Gasteiger partial charge in [0, 0.05) is 0 Å². The van der Waals surface area contributed by atoms with Crippen LogP contribution in [-0.2, 0) is 6.18 Å². The van der Waals surface area contributed by atoms with Crippen LogP contribution in [0.3, 0.4) is 0 Å². The topological polar surface area (TPSA) is 40.5 Å². The second-order valence-electron chi connectivity index (χ2n) is 5.54. The monoisotopic (exact) mass is 288 g/mol. The van der Waals surface area contributed by atoms with Gasteiger partial charge in [-0.15, -0.1) is 0 Å². The van der Waals surface area contributed by atoms with Crippen molar-refractivity contribution < 1.29 is 23.4 Å². The van der Waals surface area contributed by atoms with E-state index in [1.807, 2.05) is 0 Å². The molecule has 1 unspecified atom stereocenters. The summed E-state index contributed by atoms with van der Waals surface area (Å²) in [5.41, 5.74) is -1.64. The number of alkyl halides is 3. The molecule has 20 heavy (non-hydrogen) atoms. The standard InChI is InChI=1S/C15H19F3O2/c16-15(17,18)12-7-5-11(6-8-12)13(19)14(20)9-3-1-2-4-10-14/h5-8,13,19-20H,1-4,9-10H2. The minimum Gasteiger partial charge on any atom is -0.387 e. The minimum absolute atomic E-state index is 0.336. The third-order valence-electron chi connectivity index (χ3n) is 4.03. The first-order valence-electron chi connectivity index (χ1n) is 6.90. The number of rotatable bonds is 2. The molecule has 2 N–H and O–H groups in total. The maximum absolute atomic E-state index is 12.5. The van der Waals surface area contributed by atoms with Crippen LogP contribution in [0.15, 0.2) is 24.3 Å². The summed E-state index contributed by atoms with van der Waals surface area (Å²) in [6, 6.07) is 4.38. The van der Waals surface area contributed by atoms with Gasteiger partial charge in [0.1, 0.15) is 6.10 Å². The lowest BCUT2D eigenvalue weighted by atomic mass is 9.84. The van der Waals surface area contributed by atoms with Crippen molar-refractivity contribution in [3.8, 4) is 0 Å². The summed E-state index contributed by atoms with van der Waals surface area (Å²) in [5, 5.41) is 20.8. The molecule has 0 aromatic heterocycles. The predicted molar refractivity (Wildman–Crippen MR) is 69.1 cm³/mol. The molecule has 1 aliphatic carbocycles. The second kappa shape index (κ2) is 5.74. The molecule has 1 aliphatic rings. The molecule has 1 aromatic carbocycles. The van der Waals surface area contributed by atoms with Crippen LogP contribution >= 0.6 is 0 Å². The number of benzene rings is 1. The Kier molecular flexibility index (Phi) is 4.39. The third kappa shape index (κ3) is 3.33. The van der Waals surface area contributed by atoms with E-state index in [1.165, 1.54) is 12.1 Å². The molecule has 2 rings (SSSR count). The van der Waals surface area contributed by atoms with E-state index in [4.69, 9.17) is 0 Å². The maximum atomic E-state index is 12.5. The van der Waals surface area contributed by atoms with E-state index in [0.717, 1.165) is 37.8 Å². The van der Waals surface area contributed by atoms with Crippen molar-refractivity contribution in [2.24, 2.45) is 0 Å². The molecule has 1 saturated carbocycles. The summed E-state index contributed by atoms with van der Waals surface area (Å²) in [4.78, 5) is 0. The highest BCUT2D eigenvalue weighted by molar-refractivity contribution is 5.27. The van der Waals surface area contributed by atoms with E-state index in [-0.39, 0.29) is 0 Å². The third-order valence-corrected chi connectivity index (χ3v) is 4.03. The summed E-state index contributed by atoms with van der Waals surface area (Å²) in [5.74, 6) is 0. The van der Waals surface area contributed by atoms with E-state index < -0.39 is 23.4 Å². The number of aliphatic hydroxyl groups excluding tert-OH is 1. The van der Waals surface area contributed by atoms with E-state index >= 15 is 0 Å². The Labute approximate surface area is 116 Å². The Hall–Kier alpha value is -1.07. The zero-order valence-corrected chi connectivity index (χ0v) is 11.2.